The second kappa shape index (κ2) is 7.87. The first kappa shape index (κ1) is 18.9. The first-order valence-electron chi connectivity index (χ1n) is 9.73. The fourth-order valence-corrected chi connectivity index (χ4v) is 3.60. The van der Waals surface area contributed by atoms with Crippen molar-refractivity contribution in [1.82, 2.24) is 19.9 Å². The number of nitrogens with zero attached hydrogens (tertiary/aromatic N) is 4. The van der Waals surface area contributed by atoms with Crippen LogP contribution in [-0.2, 0) is 19.4 Å². The Morgan fingerprint density at radius 3 is 2.72 bits per heavy atom. The van der Waals surface area contributed by atoms with E-state index in [-0.39, 0.29) is 11.8 Å². The number of fused-ring (bicyclic) bond motifs is 1. The molecule has 1 N–H and O–H groups in total. The van der Waals surface area contributed by atoms with Crippen LogP contribution >= 0.6 is 0 Å². The molecule has 0 radical (unpaired) electrons. The predicted octanol–water partition coefficient (Wildman–Crippen LogP) is 2.77. The number of rotatable bonds is 5. The molecule has 4 rings (SSSR count). The van der Waals surface area contributed by atoms with Crippen molar-refractivity contribution in [3.63, 3.8) is 0 Å². The van der Waals surface area contributed by atoms with Gasteiger partial charge in [0.15, 0.2) is 5.69 Å². The summed E-state index contributed by atoms with van der Waals surface area (Å²) in [6.07, 6.45) is 1.45. The van der Waals surface area contributed by atoms with Crippen molar-refractivity contribution in [2.75, 3.05) is 18.9 Å². The van der Waals surface area contributed by atoms with Gasteiger partial charge in [-0.1, -0.05) is 48.5 Å². The molecule has 7 nitrogen and oxygen atoms in total. The second-order valence-electron chi connectivity index (χ2n) is 7.18. The quantitative estimate of drug-likeness (QED) is 0.728. The van der Waals surface area contributed by atoms with Crippen molar-refractivity contribution < 1.29 is 9.59 Å². The Morgan fingerprint density at radius 1 is 1.17 bits per heavy atom. The number of carbonyl (C=O) groups is 2. The number of hydrogen-bond donors (Lipinski definition) is 1. The zero-order valence-corrected chi connectivity index (χ0v) is 16.6. The van der Waals surface area contributed by atoms with E-state index in [2.05, 4.69) is 15.6 Å². The minimum atomic E-state index is -0.322. The highest BCUT2D eigenvalue weighted by Gasteiger charge is 2.23. The molecule has 0 saturated carbocycles. The second-order valence-corrected chi connectivity index (χ2v) is 7.18. The molecule has 2 heterocycles. The highest BCUT2D eigenvalue weighted by Crippen LogP contribution is 2.22. The Bertz CT molecular complexity index is 1060. The van der Waals surface area contributed by atoms with E-state index in [1.54, 1.807) is 22.7 Å². The Balaban J connectivity index is 1.56. The van der Waals surface area contributed by atoms with Gasteiger partial charge in [0.05, 0.1) is 12.2 Å². The molecule has 1 aliphatic rings. The molecule has 0 spiro atoms. The standard InChI is InChI=1S/C22H23N5O2/c1-3-19-20(24-25-27(19)14-15-7-5-4-6-8-15)21(28)23-17-10-9-16-11-12-26(2)22(29)18(16)13-17/h4-10,13H,3,11-12,14H2,1-2H3,(H,23,28). The van der Waals surface area contributed by atoms with Gasteiger partial charge in [-0.3, -0.25) is 9.59 Å². The third kappa shape index (κ3) is 3.76. The van der Waals surface area contributed by atoms with Crippen molar-refractivity contribution in [2.45, 2.75) is 26.3 Å². The number of nitrogens with one attached hydrogen (secondary N) is 1. The van der Waals surface area contributed by atoms with Crippen molar-refractivity contribution >= 4 is 17.5 Å². The molecule has 3 aromatic rings. The Hall–Kier alpha value is -3.48. The third-order valence-electron chi connectivity index (χ3n) is 5.22. The van der Waals surface area contributed by atoms with Crippen LogP contribution in [0.2, 0.25) is 0 Å². The smallest absolute Gasteiger partial charge is 0.278 e. The summed E-state index contributed by atoms with van der Waals surface area (Å²) in [6, 6.07) is 15.4. The van der Waals surface area contributed by atoms with Crippen molar-refractivity contribution in [2.24, 2.45) is 0 Å². The monoisotopic (exact) mass is 389 g/mol. The zero-order valence-electron chi connectivity index (χ0n) is 16.6. The molecular formula is C22H23N5O2. The van der Waals surface area contributed by atoms with E-state index in [4.69, 9.17) is 0 Å². The van der Waals surface area contributed by atoms with Crippen LogP contribution in [0, 0.1) is 0 Å². The lowest BCUT2D eigenvalue weighted by molar-refractivity contribution is 0.0780. The summed E-state index contributed by atoms with van der Waals surface area (Å²) < 4.78 is 1.76. The molecule has 1 aliphatic heterocycles. The average Bonchev–Trinajstić information content (AvgIpc) is 3.14. The van der Waals surface area contributed by atoms with Crippen LogP contribution in [0.5, 0.6) is 0 Å². The average molecular weight is 389 g/mol. The molecule has 1 aromatic heterocycles. The first-order valence-corrected chi connectivity index (χ1v) is 9.73. The number of hydrogen-bond acceptors (Lipinski definition) is 4. The molecular weight excluding hydrogens is 366 g/mol. The molecule has 148 valence electrons. The largest absolute Gasteiger partial charge is 0.341 e. The summed E-state index contributed by atoms with van der Waals surface area (Å²) >= 11 is 0. The molecule has 2 amide bonds. The van der Waals surface area contributed by atoms with Crippen LogP contribution in [0.3, 0.4) is 0 Å². The van der Waals surface area contributed by atoms with E-state index >= 15 is 0 Å². The molecule has 7 heteroatoms. The van der Waals surface area contributed by atoms with Gasteiger partial charge in [-0.05, 0) is 36.1 Å². The maximum Gasteiger partial charge on any atom is 0.278 e. The van der Waals surface area contributed by atoms with Gasteiger partial charge in [-0.25, -0.2) is 4.68 Å². The lowest BCUT2D eigenvalue weighted by atomic mass is 9.98. The molecule has 0 unspecified atom stereocenters. The van der Waals surface area contributed by atoms with Crippen LogP contribution in [0.25, 0.3) is 0 Å². The summed E-state index contributed by atoms with van der Waals surface area (Å²) in [5.41, 5.74) is 4.41. The maximum atomic E-state index is 12.9. The number of amides is 2. The Kier molecular flexibility index (Phi) is 5.12. The van der Waals surface area contributed by atoms with Gasteiger partial charge < -0.3 is 10.2 Å². The summed E-state index contributed by atoms with van der Waals surface area (Å²) in [7, 11) is 1.79. The van der Waals surface area contributed by atoms with E-state index < -0.39 is 0 Å². The first-order chi connectivity index (χ1) is 14.1. The number of anilines is 1. The molecule has 0 atom stereocenters. The van der Waals surface area contributed by atoms with Crippen LogP contribution in [0.1, 0.15) is 44.6 Å². The lowest BCUT2D eigenvalue weighted by Gasteiger charge is -2.25. The van der Waals surface area contributed by atoms with Crippen molar-refractivity contribution in [3.05, 3.63) is 76.6 Å². The highest BCUT2D eigenvalue weighted by molar-refractivity contribution is 6.05. The normalized spacial score (nSPS) is 13.3. The summed E-state index contributed by atoms with van der Waals surface area (Å²) in [5.74, 6) is -0.344. The minimum Gasteiger partial charge on any atom is -0.341 e. The summed E-state index contributed by atoms with van der Waals surface area (Å²) in [6.45, 7) is 3.25. The van der Waals surface area contributed by atoms with Gasteiger partial charge in [0.1, 0.15) is 0 Å². The number of aromatic nitrogens is 3. The van der Waals surface area contributed by atoms with Crippen molar-refractivity contribution in [1.29, 1.82) is 0 Å². The van der Waals surface area contributed by atoms with E-state index in [9.17, 15) is 9.59 Å². The summed E-state index contributed by atoms with van der Waals surface area (Å²) in [4.78, 5) is 26.9. The molecule has 0 bridgehead atoms. The fraction of sp³-hybridized carbons (Fsp3) is 0.273. The summed E-state index contributed by atoms with van der Waals surface area (Å²) in [5, 5.41) is 11.2. The number of likely N-dealkylation sites (N-methyl/N-ethyl adjacent to an activating group) is 1. The molecule has 0 saturated heterocycles. The maximum absolute atomic E-state index is 12.9. The third-order valence-corrected chi connectivity index (χ3v) is 5.22. The topological polar surface area (TPSA) is 80.1 Å². The Labute approximate surface area is 169 Å². The van der Waals surface area contributed by atoms with E-state index in [0.29, 0.717) is 36.5 Å². The lowest BCUT2D eigenvalue weighted by Crippen LogP contribution is -2.34. The zero-order chi connectivity index (χ0) is 20.4. The van der Waals surface area contributed by atoms with Crippen LogP contribution < -0.4 is 5.32 Å². The van der Waals surface area contributed by atoms with Crippen molar-refractivity contribution in [3.8, 4) is 0 Å². The van der Waals surface area contributed by atoms with Gasteiger partial charge in [-0.15, -0.1) is 5.10 Å². The van der Waals surface area contributed by atoms with E-state index in [1.807, 2.05) is 49.4 Å². The van der Waals surface area contributed by atoms with Gasteiger partial charge in [0.25, 0.3) is 11.8 Å². The number of benzene rings is 2. The van der Waals surface area contributed by atoms with E-state index in [0.717, 1.165) is 23.2 Å². The molecule has 2 aromatic carbocycles. The SMILES string of the molecule is CCc1c(C(=O)Nc2ccc3c(c2)C(=O)N(C)CC3)nnn1Cc1ccccc1. The highest BCUT2D eigenvalue weighted by atomic mass is 16.2. The number of carbonyl (C=O) groups excluding carboxylic acids is 2. The molecule has 29 heavy (non-hydrogen) atoms. The van der Waals surface area contributed by atoms with Gasteiger partial charge >= 0.3 is 0 Å². The minimum absolute atomic E-state index is 0.0228. The molecule has 0 aliphatic carbocycles. The predicted molar refractivity (Wildman–Crippen MR) is 110 cm³/mol. The van der Waals surface area contributed by atoms with E-state index in [1.165, 1.54) is 0 Å². The molecule has 0 fully saturated rings. The fourth-order valence-electron chi connectivity index (χ4n) is 3.60. The van der Waals surface area contributed by atoms with Gasteiger partial charge in [0, 0.05) is 24.8 Å². The van der Waals surface area contributed by atoms with Crippen LogP contribution in [0.15, 0.2) is 48.5 Å². The van der Waals surface area contributed by atoms with Crippen LogP contribution in [-0.4, -0.2) is 45.3 Å². The Morgan fingerprint density at radius 2 is 1.97 bits per heavy atom. The van der Waals surface area contributed by atoms with Gasteiger partial charge in [-0.2, -0.15) is 0 Å². The van der Waals surface area contributed by atoms with Gasteiger partial charge in [0.2, 0.25) is 0 Å². The van der Waals surface area contributed by atoms with Crippen LogP contribution in [0.4, 0.5) is 5.69 Å².